The summed E-state index contributed by atoms with van der Waals surface area (Å²) in [6.07, 6.45) is 23.0. The molecule has 0 aliphatic heterocycles. The van der Waals surface area contributed by atoms with E-state index in [1.54, 1.807) is 26.3 Å². The number of rotatable bonds is 8. The molecule has 6 saturated carbocycles. The number of fused-ring (bicyclic) bond motifs is 10. The topological polar surface area (TPSA) is 116 Å². The smallest absolute Gasteiger partial charge is 0.330 e. The maximum Gasteiger partial charge on any atom is 0.330 e. The van der Waals surface area contributed by atoms with E-state index in [0.717, 1.165) is 95.3 Å². The second kappa shape index (κ2) is 17.5. The molecule has 8 rings (SSSR count). The van der Waals surface area contributed by atoms with Gasteiger partial charge in [0.15, 0.2) is 0 Å². The van der Waals surface area contributed by atoms with Crippen LogP contribution < -0.4 is 0 Å². The van der Waals surface area contributed by atoms with Crippen molar-refractivity contribution < 1.29 is 37.6 Å². The first-order chi connectivity index (χ1) is 26.8. The van der Waals surface area contributed by atoms with Gasteiger partial charge in [-0.1, -0.05) is 57.9 Å². The van der Waals surface area contributed by atoms with Crippen LogP contribution in [0, 0.1) is 57.2 Å². The fourth-order valence-electron chi connectivity index (χ4n) is 13.9. The van der Waals surface area contributed by atoms with E-state index >= 15 is 0 Å². The summed E-state index contributed by atoms with van der Waals surface area (Å²) in [7, 11) is -4.81. The van der Waals surface area contributed by atoms with Crippen LogP contribution in [0.3, 0.4) is 0 Å². The van der Waals surface area contributed by atoms with Crippen LogP contribution in [0.1, 0.15) is 151 Å². The summed E-state index contributed by atoms with van der Waals surface area (Å²) in [5.74, 6) is 5.15. The quantitative estimate of drug-likeness (QED) is 0.190. The Morgan fingerprint density at radius 2 is 1.09 bits per heavy atom. The van der Waals surface area contributed by atoms with Crippen molar-refractivity contribution in [1.29, 1.82) is 0 Å². The largest absolute Gasteiger partial charge is 0.393 e. The average molecular weight is 833 g/mol. The third-order valence-electron chi connectivity index (χ3n) is 17.2. The van der Waals surface area contributed by atoms with Crippen LogP contribution in [0.4, 0.5) is 0 Å². The van der Waals surface area contributed by atoms with Gasteiger partial charge in [-0.3, -0.25) is 14.2 Å². The summed E-state index contributed by atoms with van der Waals surface area (Å²) in [4.78, 5) is 24.9. The van der Waals surface area contributed by atoms with Crippen LogP contribution in [-0.2, 0) is 32.5 Å². The van der Waals surface area contributed by atoms with Gasteiger partial charge in [0, 0.05) is 29.8 Å². The van der Waals surface area contributed by atoms with Crippen molar-refractivity contribution in [3.8, 4) is 0 Å². The number of ether oxygens (including phenoxy) is 1. The molecule has 0 saturated heterocycles. The number of allylic oxidation sites excluding steroid dienone is 2. The molecule has 10 heteroatoms. The number of aliphatic hydroxyl groups excluding tert-OH is 1. The Morgan fingerprint density at radius 1 is 0.649 bits per heavy atom. The molecule has 8 aliphatic carbocycles. The Bertz CT molecular complexity index is 1640. The number of carbonyl (C=O) groups is 2. The van der Waals surface area contributed by atoms with Crippen molar-refractivity contribution in [3.63, 3.8) is 0 Å². The maximum atomic E-state index is 12.5. The molecule has 6 fully saturated rings. The Morgan fingerprint density at radius 3 is 1.54 bits per heavy atom. The molecule has 324 valence electrons. The van der Waals surface area contributed by atoms with Crippen LogP contribution in [0.25, 0.3) is 0 Å². The maximum absolute atomic E-state index is 12.5. The molecule has 0 heterocycles. The van der Waals surface area contributed by atoms with E-state index < -0.39 is 14.7 Å². The standard InChI is InChI=1S/C22H35O3P.C19H28O2.C6H15O3P/c1-21-11-9-16(25-14-26(3,4)24)13-15(21)5-6-17-18-7-8-20(23)22(18,2)12-10-19(17)21;1-18-9-7-13(20)11-12(18)3-4-14-15-5-6-17(21)19(15,2)10-8-16(14)18;1-4-8-10(7,6-3)9-5-2/h5,16-19H,6-14H2,1-4H3;3,13-16,20H,4-11H2,1-2H3;4-6H2,1-3H3/t16-,17?,18?,19?,21-,22-;13-,14?,15?,16?,18-,19-;/m00./s1. The van der Waals surface area contributed by atoms with Gasteiger partial charge in [-0.2, -0.15) is 0 Å². The molecule has 8 nitrogen and oxygen atoms in total. The molecule has 0 aromatic heterocycles. The summed E-state index contributed by atoms with van der Waals surface area (Å²) in [5.41, 5.74) is 3.65. The van der Waals surface area contributed by atoms with Crippen LogP contribution in [-0.4, -0.2) is 67.9 Å². The molecule has 0 aromatic rings. The first-order valence-corrected chi connectivity index (χ1v) is 27.5. The van der Waals surface area contributed by atoms with Gasteiger partial charge in [0.1, 0.15) is 18.7 Å². The predicted molar refractivity (Wildman–Crippen MR) is 230 cm³/mol. The number of Topliss-reactive ketones (excluding diaryl/α,β-unsaturated/α-hetero) is 2. The molecule has 0 amide bonds. The molecule has 12 atom stereocenters. The Hall–Kier alpha value is -0.880. The number of carbonyl (C=O) groups excluding carboxylic acids is 2. The Labute approximate surface area is 345 Å². The van der Waals surface area contributed by atoms with E-state index in [1.807, 2.05) is 13.3 Å². The van der Waals surface area contributed by atoms with Gasteiger partial charge in [0.25, 0.3) is 0 Å². The Balaban J connectivity index is 0.000000159. The van der Waals surface area contributed by atoms with Gasteiger partial charge in [-0.05, 0) is 163 Å². The first-order valence-electron chi connectivity index (χ1n) is 22.9. The van der Waals surface area contributed by atoms with Crippen molar-refractivity contribution in [2.45, 2.75) is 163 Å². The third-order valence-corrected chi connectivity index (χ3v) is 20.1. The second-order valence-electron chi connectivity index (χ2n) is 20.7. The van der Waals surface area contributed by atoms with E-state index in [4.69, 9.17) is 13.8 Å². The number of ketones is 2. The minimum atomic E-state index is -2.70. The van der Waals surface area contributed by atoms with E-state index in [0.29, 0.717) is 66.4 Å². The van der Waals surface area contributed by atoms with Crippen LogP contribution in [0.5, 0.6) is 0 Å². The highest BCUT2D eigenvalue weighted by Crippen LogP contribution is 2.65. The highest BCUT2D eigenvalue weighted by atomic mass is 31.2. The van der Waals surface area contributed by atoms with E-state index in [1.165, 1.54) is 24.8 Å². The zero-order valence-corrected chi connectivity index (χ0v) is 38.9. The minimum Gasteiger partial charge on any atom is -0.393 e. The van der Waals surface area contributed by atoms with E-state index in [2.05, 4.69) is 39.8 Å². The van der Waals surface area contributed by atoms with Gasteiger partial charge < -0.3 is 23.5 Å². The zero-order chi connectivity index (χ0) is 41.6. The second-order valence-corrected chi connectivity index (χ2v) is 26.5. The lowest BCUT2D eigenvalue weighted by Crippen LogP contribution is -2.50. The molecule has 0 spiro atoms. The summed E-state index contributed by atoms with van der Waals surface area (Å²) < 4.78 is 39.3. The zero-order valence-electron chi connectivity index (χ0n) is 37.1. The van der Waals surface area contributed by atoms with Crippen LogP contribution in [0.2, 0.25) is 0 Å². The lowest BCUT2D eigenvalue weighted by atomic mass is 9.48. The summed E-state index contributed by atoms with van der Waals surface area (Å²) in [6, 6.07) is 0. The monoisotopic (exact) mass is 833 g/mol. The molecule has 1 N–H and O–H groups in total. The lowest BCUT2D eigenvalue weighted by molar-refractivity contribution is -0.132. The third kappa shape index (κ3) is 8.91. The van der Waals surface area contributed by atoms with Crippen LogP contribution >= 0.6 is 14.7 Å². The van der Waals surface area contributed by atoms with E-state index in [9.17, 15) is 23.8 Å². The Kier molecular flexibility index (Phi) is 14.0. The normalized spacial score (nSPS) is 42.3. The molecular formula is C47H78O8P2. The molecule has 8 aliphatic rings. The van der Waals surface area contributed by atoms with Gasteiger partial charge in [-0.25, -0.2) is 0 Å². The van der Waals surface area contributed by atoms with Gasteiger partial charge in [0.05, 0.1) is 31.8 Å². The van der Waals surface area contributed by atoms with E-state index in [-0.39, 0.29) is 28.5 Å². The lowest BCUT2D eigenvalue weighted by Gasteiger charge is -2.57. The van der Waals surface area contributed by atoms with Gasteiger partial charge in [-0.15, -0.1) is 0 Å². The van der Waals surface area contributed by atoms with Crippen LogP contribution in [0.15, 0.2) is 23.3 Å². The van der Waals surface area contributed by atoms with Crippen molar-refractivity contribution >= 4 is 26.3 Å². The van der Waals surface area contributed by atoms with Gasteiger partial charge >= 0.3 is 7.60 Å². The summed E-state index contributed by atoms with van der Waals surface area (Å²) in [6.45, 7) is 19.4. The van der Waals surface area contributed by atoms with Crippen molar-refractivity contribution in [2.24, 2.45) is 57.2 Å². The molecule has 0 aromatic carbocycles. The fraction of sp³-hybridized carbons (Fsp3) is 0.872. The summed E-state index contributed by atoms with van der Waals surface area (Å²) >= 11 is 0. The molecular weight excluding hydrogens is 754 g/mol. The fourth-order valence-corrected chi connectivity index (χ4v) is 15.6. The van der Waals surface area contributed by atoms with Crippen molar-refractivity contribution in [2.75, 3.05) is 39.1 Å². The molecule has 0 radical (unpaired) electrons. The van der Waals surface area contributed by atoms with Gasteiger partial charge in [0.2, 0.25) is 0 Å². The average Bonchev–Trinajstić information content (AvgIpc) is 3.64. The minimum absolute atomic E-state index is 0.0168. The van der Waals surface area contributed by atoms with Crippen molar-refractivity contribution in [1.82, 2.24) is 0 Å². The highest BCUT2D eigenvalue weighted by Gasteiger charge is 2.60. The number of hydrogen-bond donors (Lipinski definition) is 1. The highest BCUT2D eigenvalue weighted by molar-refractivity contribution is 7.62. The molecule has 57 heavy (non-hydrogen) atoms. The number of aliphatic hydroxyl groups is 1. The molecule has 6 unspecified atom stereocenters. The molecule has 0 bridgehead atoms. The first kappa shape index (κ1) is 45.6. The number of hydrogen-bond acceptors (Lipinski definition) is 8. The summed E-state index contributed by atoms with van der Waals surface area (Å²) in [5, 5.41) is 10.00. The predicted octanol–water partition coefficient (Wildman–Crippen LogP) is 11.6. The SMILES string of the molecule is CCOP(=O)(CC)OCC.C[C@]12CC[C@H](O)CC1=CCC1C2CC[C@]2(C)C(=O)CCC12.C[C@]12CC[C@H](OCP(C)(C)=O)CC1=CCC1C2CC[C@]2(C)C(=O)CCC12. The van der Waals surface area contributed by atoms with Crippen molar-refractivity contribution in [3.05, 3.63) is 23.3 Å².